The Morgan fingerprint density at radius 3 is 2.84 bits per heavy atom. The smallest absolute Gasteiger partial charge is 0.347 e. The standard InChI is InChI=1S/C14H10N2O2S/c1-8-2-3-9-6-10(4-5-11(9)16-8)13-15-7-12(19-13)14(17)18/h2-7H,1H3,(H,17,18). The van der Waals surface area contributed by atoms with Crippen molar-refractivity contribution in [1.29, 1.82) is 0 Å². The van der Waals surface area contributed by atoms with E-state index in [-0.39, 0.29) is 4.88 Å². The second-order valence-corrected chi connectivity index (χ2v) is 5.23. The number of carbonyl (C=O) groups is 1. The van der Waals surface area contributed by atoms with Crippen molar-refractivity contribution in [2.75, 3.05) is 0 Å². The van der Waals surface area contributed by atoms with Gasteiger partial charge in [0.15, 0.2) is 0 Å². The number of thiazole rings is 1. The summed E-state index contributed by atoms with van der Waals surface area (Å²) in [6.45, 7) is 1.95. The van der Waals surface area contributed by atoms with E-state index in [9.17, 15) is 4.79 Å². The SMILES string of the molecule is Cc1ccc2cc(-c3ncc(C(=O)O)s3)ccc2n1. The molecule has 1 N–H and O–H groups in total. The molecule has 2 heterocycles. The van der Waals surface area contributed by atoms with Crippen molar-refractivity contribution in [2.24, 2.45) is 0 Å². The minimum atomic E-state index is -0.943. The van der Waals surface area contributed by atoms with Gasteiger partial charge in [0.25, 0.3) is 0 Å². The van der Waals surface area contributed by atoms with Crippen molar-refractivity contribution in [3.63, 3.8) is 0 Å². The summed E-state index contributed by atoms with van der Waals surface area (Å²) in [7, 11) is 0. The van der Waals surface area contributed by atoms with Crippen LogP contribution in [-0.4, -0.2) is 21.0 Å². The molecule has 0 radical (unpaired) electrons. The van der Waals surface area contributed by atoms with Gasteiger partial charge in [0.2, 0.25) is 0 Å². The molecular weight excluding hydrogens is 260 g/mol. The number of nitrogens with zero attached hydrogens (tertiary/aromatic N) is 2. The molecule has 0 amide bonds. The van der Waals surface area contributed by atoms with E-state index in [0.717, 1.165) is 22.2 Å². The van der Waals surface area contributed by atoms with Crippen molar-refractivity contribution in [2.45, 2.75) is 6.92 Å². The Labute approximate surface area is 113 Å². The minimum Gasteiger partial charge on any atom is -0.477 e. The van der Waals surface area contributed by atoms with Crippen LogP contribution in [0, 0.1) is 6.92 Å². The van der Waals surface area contributed by atoms with Crippen molar-refractivity contribution in [1.82, 2.24) is 9.97 Å². The second kappa shape index (κ2) is 4.44. The molecule has 19 heavy (non-hydrogen) atoms. The first-order valence-corrected chi connectivity index (χ1v) is 6.52. The Balaban J connectivity index is 2.09. The number of aromatic carboxylic acids is 1. The normalized spacial score (nSPS) is 10.8. The van der Waals surface area contributed by atoms with E-state index in [4.69, 9.17) is 5.11 Å². The lowest BCUT2D eigenvalue weighted by molar-refractivity contribution is 0.0702. The lowest BCUT2D eigenvalue weighted by atomic mass is 10.1. The van der Waals surface area contributed by atoms with Gasteiger partial charge in [-0.15, -0.1) is 11.3 Å². The first-order valence-electron chi connectivity index (χ1n) is 5.70. The Hall–Kier alpha value is -2.27. The molecule has 0 bridgehead atoms. The molecule has 0 aliphatic carbocycles. The number of fused-ring (bicyclic) bond motifs is 1. The van der Waals surface area contributed by atoms with E-state index in [0.29, 0.717) is 5.01 Å². The third kappa shape index (κ3) is 2.20. The average molecular weight is 270 g/mol. The molecule has 0 spiro atoms. The van der Waals surface area contributed by atoms with Crippen LogP contribution in [0.2, 0.25) is 0 Å². The minimum absolute atomic E-state index is 0.247. The van der Waals surface area contributed by atoms with Crippen LogP contribution in [0.4, 0.5) is 0 Å². The van der Waals surface area contributed by atoms with Gasteiger partial charge in [-0.3, -0.25) is 4.98 Å². The number of hydrogen-bond acceptors (Lipinski definition) is 4. The molecule has 0 fully saturated rings. The summed E-state index contributed by atoms with van der Waals surface area (Å²) in [5.74, 6) is -0.943. The van der Waals surface area contributed by atoms with Gasteiger partial charge < -0.3 is 5.11 Å². The predicted octanol–water partition coefficient (Wildman–Crippen LogP) is 3.36. The molecule has 0 aliphatic rings. The molecular formula is C14H10N2O2S. The van der Waals surface area contributed by atoms with Crippen LogP contribution in [-0.2, 0) is 0 Å². The van der Waals surface area contributed by atoms with Crippen molar-refractivity contribution < 1.29 is 9.90 Å². The van der Waals surface area contributed by atoms with Crippen molar-refractivity contribution in [3.8, 4) is 10.6 Å². The van der Waals surface area contributed by atoms with Gasteiger partial charge in [0.1, 0.15) is 9.88 Å². The predicted molar refractivity (Wildman–Crippen MR) is 74.5 cm³/mol. The van der Waals surface area contributed by atoms with Crippen LogP contribution in [0.15, 0.2) is 36.5 Å². The summed E-state index contributed by atoms with van der Waals surface area (Å²) < 4.78 is 0. The highest BCUT2D eigenvalue weighted by Crippen LogP contribution is 2.27. The molecule has 0 atom stereocenters. The van der Waals surface area contributed by atoms with Gasteiger partial charge in [-0.2, -0.15) is 0 Å². The van der Waals surface area contributed by atoms with Crippen LogP contribution >= 0.6 is 11.3 Å². The molecule has 0 unspecified atom stereocenters. The number of rotatable bonds is 2. The van der Waals surface area contributed by atoms with Crippen molar-refractivity contribution in [3.05, 3.63) is 47.1 Å². The molecule has 3 rings (SSSR count). The zero-order chi connectivity index (χ0) is 13.4. The van der Waals surface area contributed by atoms with Crippen LogP contribution in [0.3, 0.4) is 0 Å². The van der Waals surface area contributed by atoms with E-state index >= 15 is 0 Å². The van der Waals surface area contributed by atoms with Crippen molar-refractivity contribution >= 4 is 28.2 Å². The highest BCUT2D eigenvalue weighted by atomic mass is 32.1. The maximum Gasteiger partial charge on any atom is 0.347 e. The lowest BCUT2D eigenvalue weighted by Gasteiger charge is -2.01. The van der Waals surface area contributed by atoms with Crippen LogP contribution in [0.5, 0.6) is 0 Å². The number of carboxylic acids is 1. The van der Waals surface area contributed by atoms with E-state index < -0.39 is 5.97 Å². The third-order valence-electron chi connectivity index (χ3n) is 2.79. The van der Waals surface area contributed by atoms with Crippen LogP contribution in [0.25, 0.3) is 21.5 Å². The summed E-state index contributed by atoms with van der Waals surface area (Å²) in [6, 6.07) is 9.79. The Kier molecular flexibility index (Phi) is 2.76. The van der Waals surface area contributed by atoms with E-state index in [2.05, 4.69) is 9.97 Å². The zero-order valence-corrected chi connectivity index (χ0v) is 10.9. The van der Waals surface area contributed by atoms with Gasteiger partial charge >= 0.3 is 5.97 Å². The molecule has 4 nitrogen and oxygen atoms in total. The van der Waals surface area contributed by atoms with Gasteiger partial charge in [-0.05, 0) is 31.2 Å². The zero-order valence-electron chi connectivity index (χ0n) is 10.1. The fourth-order valence-corrected chi connectivity index (χ4v) is 2.62. The summed E-state index contributed by atoms with van der Waals surface area (Å²) in [6.07, 6.45) is 1.39. The Morgan fingerprint density at radius 1 is 1.26 bits per heavy atom. The first-order chi connectivity index (χ1) is 9.13. The molecule has 0 saturated carbocycles. The molecule has 5 heteroatoms. The van der Waals surface area contributed by atoms with Gasteiger partial charge in [-0.25, -0.2) is 9.78 Å². The number of aryl methyl sites for hydroxylation is 1. The second-order valence-electron chi connectivity index (χ2n) is 4.19. The fraction of sp³-hybridized carbons (Fsp3) is 0.0714. The van der Waals surface area contributed by atoms with Gasteiger partial charge in [0.05, 0.1) is 11.7 Å². The van der Waals surface area contributed by atoms with Crippen LogP contribution in [0.1, 0.15) is 15.4 Å². The topological polar surface area (TPSA) is 63.1 Å². The number of carboxylic acid groups (broad SMARTS) is 1. The molecule has 2 aromatic heterocycles. The highest BCUT2D eigenvalue weighted by Gasteiger charge is 2.10. The maximum atomic E-state index is 10.9. The molecule has 3 aromatic rings. The first kappa shape index (κ1) is 11.8. The van der Waals surface area contributed by atoms with Crippen LogP contribution < -0.4 is 0 Å². The summed E-state index contributed by atoms with van der Waals surface area (Å²) in [4.78, 5) is 19.7. The molecule has 1 aromatic carbocycles. The quantitative estimate of drug-likeness (QED) is 0.775. The van der Waals surface area contributed by atoms with E-state index in [1.807, 2.05) is 37.3 Å². The fourth-order valence-electron chi connectivity index (χ4n) is 1.87. The van der Waals surface area contributed by atoms with E-state index in [1.165, 1.54) is 17.5 Å². The number of benzene rings is 1. The lowest BCUT2D eigenvalue weighted by Crippen LogP contribution is -1.89. The highest BCUT2D eigenvalue weighted by molar-refractivity contribution is 7.16. The number of pyridine rings is 1. The number of aromatic nitrogens is 2. The molecule has 94 valence electrons. The molecule has 0 saturated heterocycles. The Bertz CT molecular complexity index is 780. The average Bonchev–Trinajstić information content (AvgIpc) is 2.88. The molecule has 0 aliphatic heterocycles. The van der Waals surface area contributed by atoms with Gasteiger partial charge in [0, 0.05) is 16.6 Å². The maximum absolute atomic E-state index is 10.9. The monoisotopic (exact) mass is 270 g/mol. The number of hydrogen-bond donors (Lipinski definition) is 1. The largest absolute Gasteiger partial charge is 0.477 e. The third-order valence-corrected chi connectivity index (χ3v) is 3.83. The Morgan fingerprint density at radius 2 is 2.11 bits per heavy atom. The summed E-state index contributed by atoms with van der Waals surface area (Å²) >= 11 is 1.17. The summed E-state index contributed by atoms with van der Waals surface area (Å²) in [5.41, 5.74) is 2.82. The summed E-state index contributed by atoms with van der Waals surface area (Å²) in [5, 5.41) is 10.6. The van der Waals surface area contributed by atoms with Gasteiger partial charge in [-0.1, -0.05) is 6.07 Å². The van der Waals surface area contributed by atoms with E-state index in [1.54, 1.807) is 0 Å².